The third-order valence-electron chi connectivity index (χ3n) is 5.02. The van der Waals surface area contributed by atoms with Gasteiger partial charge in [0.2, 0.25) is 0 Å². The highest BCUT2D eigenvalue weighted by atomic mass is 32.2. The van der Waals surface area contributed by atoms with Crippen LogP contribution in [0.5, 0.6) is 0 Å². The first-order valence-electron chi connectivity index (χ1n) is 9.20. The molecule has 0 radical (unpaired) electrons. The molecule has 142 valence electrons. The molecule has 1 atom stereocenters. The van der Waals surface area contributed by atoms with Gasteiger partial charge < -0.3 is 4.90 Å². The maximum atomic E-state index is 13.3. The molecule has 0 N–H and O–H groups in total. The summed E-state index contributed by atoms with van der Waals surface area (Å²) >= 11 is 1.77. The lowest BCUT2D eigenvalue weighted by Gasteiger charge is -2.22. The Labute approximate surface area is 168 Å². The van der Waals surface area contributed by atoms with E-state index in [2.05, 4.69) is 13.5 Å². The van der Waals surface area contributed by atoms with Gasteiger partial charge in [-0.25, -0.2) is 0 Å². The van der Waals surface area contributed by atoms with E-state index in [-0.39, 0.29) is 29.8 Å². The van der Waals surface area contributed by atoms with Crippen molar-refractivity contribution in [3.05, 3.63) is 71.8 Å². The third kappa shape index (κ3) is 3.03. The van der Waals surface area contributed by atoms with Crippen molar-refractivity contribution in [2.24, 2.45) is 0 Å². The summed E-state index contributed by atoms with van der Waals surface area (Å²) in [5.74, 6) is -0.883. The van der Waals surface area contributed by atoms with Gasteiger partial charge in [-0.3, -0.25) is 19.3 Å². The van der Waals surface area contributed by atoms with Gasteiger partial charge in [0.15, 0.2) is 0 Å². The Morgan fingerprint density at radius 3 is 2.71 bits per heavy atom. The van der Waals surface area contributed by atoms with Gasteiger partial charge >= 0.3 is 0 Å². The summed E-state index contributed by atoms with van der Waals surface area (Å²) in [5, 5.41) is 0.408. The van der Waals surface area contributed by atoms with Crippen molar-refractivity contribution in [2.45, 2.75) is 23.5 Å². The third-order valence-corrected chi connectivity index (χ3v) is 6.26. The maximum Gasteiger partial charge on any atom is 0.261 e. The van der Waals surface area contributed by atoms with Gasteiger partial charge in [0.25, 0.3) is 17.7 Å². The van der Waals surface area contributed by atoms with Gasteiger partial charge in [-0.1, -0.05) is 25.1 Å². The monoisotopic (exact) mass is 392 g/mol. The second-order valence-electron chi connectivity index (χ2n) is 6.91. The molecule has 2 aromatic rings. The fourth-order valence-electron chi connectivity index (χ4n) is 3.57. The van der Waals surface area contributed by atoms with E-state index in [0.29, 0.717) is 22.9 Å². The van der Waals surface area contributed by atoms with Crippen molar-refractivity contribution in [1.29, 1.82) is 0 Å². The Morgan fingerprint density at radius 1 is 1.18 bits per heavy atom. The molecule has 0 fully saturated rings. The average molecular weight is 392 g/mol. The van der Waals surface area contributed by atoms with Gasteiger partial charge in [0.1, 0.15) is 0 Å². The van der Waals surface area contributed by atoms with Crippen LogP contribution in [-0.2, 0) is 0 Å². The number of benzene rings is 2. The molecule has 0 spiro atoms. The Hall–Kier alpha value is -2.86. The van der Waals surface area contributed by atoms with Gasteiger partial charge in [-0.2, -0.15) is 0 Å². The Morgan fingerprint density at radius 2 is 1.93 bits per heavy atom. The lowest BCUT2D eigenvalue weighted by Crippen LogP contribution is -2.32. The van der Waals surface area contributed by atoms with Crippen LogP contribution in [0, 0.1) is 0 Å². The first kappa shape index (κ1) is 18.5. The number of carbonyl (C=O) groups excluding carboxylic acids is 3. The number of imide groups is 1. The van der Waals surface area contributed by atoms with Gasteiger partial charge in [-0.15, -0.1) is 18.3 Å². The molecule has 0 saturated heterocycles. The number of hydrogen-bond acceptors (Lipinski definition) is 4. The second-order valence-corrected chi connectivity index (χ2v) is 8.39. The number of amides is 3. The van der Waals surface area contributed by atoms with E-state index in [1.165, 1.54) is 6.08 Å². The fraction of sp³-hybridized carbons (Fsp3) is 0.227. The van der Waals surface area contributed by atoms with Crippen molar-refractivity contribution < 1.29 is 14.4 Å². The molecule has 0 aromatic heterocycles. The summed E-state index contributed by atoms with van der Waals surface area (Å²) in [6, 6.07) is 12.6. The van der Waals surface area contributed by atoms with Crippen molar-refractivity contribution >= 4 is 35.2 Å². The first-order chi connectivity index (χ1) is 13.5. The number of carbonyl (C=O) groups is 3. The number of para-hydroxylation sites is 1. The Balaban J connectivity index is 1.70. The van der Waals surface area contributed by atoms with Crippen molar-refractivity contribution in [3.63, 3.8) is 0 Å². The summed E-state index contributed by atoms with van der Waals surface area (Å²) in [7, 11) is 0. The molecule has 3 amide bonds. The molecule has 0 aliphatic carbocycles. The smallest absolute Gasteiger partial charge is 0.261 e. The molecule has 2 aliphatic rings. The standard InChI is InChI=1S/C22H20N2O3S/c1-3-11-24-21(26)16-9-8-15(13-17(16)22(24)27)20(25)23-12-10-14(2)28-19-7-5-4-6-18(19)23/h3-9,13-14H,1,10-12H2,2H3/t14-/m1/s1. The number of hydrogen-bond donors (Lipinski definition) is 0. The van der Waals surface area contributed by atoms with E-state index in [4.69, 9.17) is 0 Å². The minimum absolute atomic E-state index is 0.157. The van der Waals surface area contributed by atoms with Crippen molar-refractivity contribution in [3.8, 4) is 0 Å². The minimum atomic E-state index is -0.380. The highest BCUT2D eigenvalue weighted by molar-refractivity contribution is 8.00. The zero-order chi connectivity index (χ0) is 19.8. The SMILES string of the molecule is C=CCN1C(=O)c2ccc(C(=O)N3CC[C@@H](C)Sc4ccccc43)cc2C1=O. The predicted octanol–water partition coefficient (Wildman–Crippen LogP) is 4.00. The lowest BCUT2D eigenvalue weighted by atomic mass is 10.0. The topological polar surface area (TPSA) is 57.7 Å². The molecule has 2 aliphatic heterocycles. The van der Waals surface area contributed by atoms with Crippen LogP contribution in [0.15, 0.2) is 60.0 Å². The molecule has 28 heavy (non-hydrogen) atoms. The van der Waals surface area contributed by atoms with E-state index in [1.54, 1.807) is 34.9 Å². The number of thioether (sulfide) groups is 1. The molecular formula is C22H20N2O3S. The van der Waals surface area contributed by atoms with Crippen LogP contribution in [0.2, 0.25) is 0 Å². The van der Waals surface area contributed by atoms with Crippen LogP contribution in [-0.4, -0.2) is 41.0 Å². The number of anilines is 1. The molecule has 2 heterocycles. The van der Waals surface area contributed by atoms with Crippen LogP contribution < -0.4 is 4.90 Å². The van der Waals surface area contributed by atoms with E-state index < -0.39 is 0 Å². The highest BCUT2D eigenvalue weighted by Gasteiger charge is 2.36. The molecule has 4 rings (SSSR count). The fourth-order valence-corrected chi connectivity index (χ4v) is 4.69. The highest BCUT2D eigenvalue weighted by Crippen LogP contribution is 2.38. The van der Waals surface area contributed by atoms with E-state index in [9.17, 15) is 14.4 Å². The van der Waals surface area contributed by atoms with Crippen molar-refractivity contribution in [1.82, 2.24) is 4.90 Å². The quantitative estimate of drug-likeness (QED) is 0.585. The number of rotatable bonds is 3. The summed E-state index contributed by atoms with van der Waals surface area (Å²) in [6.45, 7) is 6.51. The zero-order valence-corrected chi connectivity index (χ0v) is 16.4. The predicted molar refractivity (Wildman–Crippen MR) is 110 cm³/mol. The summed E-state index contributed by atoms with van der Waals surface area (Å²) in [4.78, 5) is 42.3. The van der Waals surface area contributed by atoms with Gasteiger partial charge in [0.05, 0.1) is 16.8 Å². The maximum absolute atomic E-state index is 13.3. The van der Waals surface area contributed by atoms with E-state index in [0.717, 1.165) is 21.9 Å². The van der Waals surface area contributed by atoms with Crippen LogP contribution in [0.3, 0.4) is 0 Å². The van der Waals surface area contributed by atoms with Crippen LogP contribution in [0.25, 0.3) is 0 Å². The molecule has 0 saturated carbocycles. The Bertz CT molecular complexity index is 1000. The number of nitrogens with zero attached hydrogens (tertiary/aromatic N) is 2. The average Bonchev–Trinajstić information content (AvgIpc) is 2.84. The second kappa shape index (κ2) is 7.28. The number of fused-ring (bicyclic) bond motifs is 2. The Kier molecular flexibility index (Phi) is 4.81. The zero-order valence-electron chi connectivity index (χ0n) is 15.6. The summed E-state index contributed by atoms with van der Waals surface area (Å²) < 4.78 is 0. The molecule has 0 unspecified atom stereocenters. The molecule has 6 heteroatoms. The lowest BCUT2D eigenvalue weighted by molar-refractivity contribution is 0.0672. The molecular weight excluding hydrogens is 372 g/mol. The minimum Gasteiger partial charge on any atom is -0.307 e. The van der Waals surface area contributed by atoms with E-state index in [1.807, 2.05) is 24.3 Å². The van der Waals surface area contributed by atoms with Crippen LogP contribution >= 0.6 is 11.8 Å². The van der Waals surface area contributed by atoms with E-state index >= 15 is 0 Å². The van der Waals surface area contributed by atoms with Crippen molar-refractivity contribution in [2.75, 3.05) is 18.0 Å². The summed E-state index contributed by atoms with van der Waals surface area (Å²) in [5.41, 5.74) is 1.92. The van der Waals surface area contributed by atoms with Crippen LogP contribution in [0.4, 0.5) is 5.69 Å². The molecule has 0 bridgehead atoms. The normalized spacial score (nSPS) is 18.5. The van der Waals surface area contributed by atoms with Crippen LogP contribution in [0.1, 0.15) is 44.4 Å². The molecule has 2 aromatic carbocycles. The van der Waals surface area contributed by atoms with Gasteiger partial charge in [-0.05, 0) is 36.8 Å². The summed E-state index contributed by atoms with van der Waals surface area (Å²) in [6.07, 6.45) is 2.39. The largest absolute Gasteiger partial charge is 0.307 e. The first-order valence-corrected chi connectivity index (χ1v) is 10.1. The van der Waals surface area contributed by atoms with Gasteiger partial charge in [0, 0.05) is 28.8 Å². The molecule has 5 nitrogen and oxygen atoms in total.